The number of hydrogen-bond donors (Lipinski definition) is 1. The average molecular weight is 259 g/mol. The molecule has 0 aliphatic heterocycles. The van der Waals surface area contributed by atoms with E-state index in [0.717, 1.165) is 6.54 Å². The minimum atomic E-state index is 0.621. The third-order valence-corrected chi connectivity index (χ3v) is 5.04. The van der Waals surface area contributed by atoms with E-state index >= 15 is 0 Å². The summed E-state index contributed by atoms with van der Waals surface area (Å²) in [5.74, 6) is 0.662. The van der Waals surface area contributed by atoms with E-state index in [1.807, 2.05) is 0 Å². The average Bonchev–Trinajstić information content (AvgIpc) is 2.94. The Hall–Kier alpha value is -0.820. The maximum Gasteiger partial charge on any atom is 0.000771 e. The molecule has 0 heterocycles. The predicted molar refractivity (Wildman–Crippen MR) is 83.5 cm³/mol. The Morgan fingerprint density at radius 2 is 1.84 bits per heavy atom. The van der Waals surface area contributed by atoms with Crippen LogP contribution in [0.4, 0.5) is 0 Å². The summed E-state index contributed by atoms with van der Waals surface area (Å²) in [7, 11) is 0. The fourth-order valence-corrected chi connectivity index (χ4v) is 3.40. The number of nitrogens with one attached hydrogen (secondary N) is 1. The highest BCUT2D eigenvalue weighted by molar-refractivity contribution is 5.18. The molecule has 1 aliphatic rings. The lowest BCUT2D eigenvalue weighted by molar-refractivity contribution is 0.268. The molecule has 1 aromatic carbocycles. The van der Waals surface area contributed by atoms with Crippen molar-refractivity contribution in [3.8, 4) is 0 Å². The van der Waals surface area contributed by atoms with Crippen LogP contribution in [0.2, 0.25) is 0 Å². The zero-order valence-corrected chi connectivity index (χ0v) is 12.6. The van der Waals surface area contributed by atoms with Crippen molar-refractivity contribution < 1.29 is 0 Å². The number of benzene rings is 1. The van der Waals surface area contributed by atoms with Gasteiger partial charge in [-0.15, -0.1) is 0 Å². The van der Waals surface area contributed by atoms with Gasteiger partial charge in [-0.25, -0.2) is 0 Å². The Morgan fingerprint density at radius 1 is 1.16 bits per heavy atom. The first-order valence-electron chi connectivity index (χ1n) is 8.01. The van der Waals surface area contributed by atoms with Gasteiger partial charge in [0.1, 0.15) is 0 Å². The van der Waals surface area contributed by atoms with Crippen molar-refractivity contribution in [2.24, 2.45) is 5.41 Å². The standard InChI is InChI=1S/C18H29N/c1-3-18(12-7-8-13-18)15-19-14-11-16(2)17-9-5-4-6-10-17/h4-6,9-10,16,19H,3,7-8,11-15H2,1-2H3. The van der Waals surface area contributed by atoms with Crippen molar-refractivity contribution >= 4 is 0 Å². The number of hydrogen-bond acceptors (Lipinski definition) is 1. The number of rotatable bonds is 7. The second-order valence-electron chi connectivity index (χ2n) is 6.34. The third-order valence-electron chi connectivity index (χ3n) is 5.04. The normalized spacial score (nSPS) is 19.5. The van der Waals surface area contributed by atoms with E-state index in [9.17, 15) is 0 Å². The molecule has 0 aromatic heterocycles. The van der Waals surface area contributed by atoms with Crippen LogP contribution in [0.5, 0.6) is 0 Å². The molecule has 1 heteroatoms. The lowest BCUT2D eigenvalue weighted by Crippen LogP contribution is -2.32. The van der Waals surface area contributed by atoms with Crippen molar-refractivity contribution in [3.05, 3.63) is 35.9 Å². The lowest BCUT2D eigenvalue weighted by atomic mass is 9.83. The minimum Gasteiger partial charge on any atom is -0.316 e. The van der Waals surface area contributed by atoms with Gasteiger partial charge in [0.05, 0.1) is 0 Å². The van der Waals surface area contributed by atoms with Crippen LogP contribution in [0.15, 0.2) is 30.3 Å². The SMILES string of the molecule is CCC1(CNCCC(C)c2ccccc2)CCCC1. The highest BCUT2D eigenvalue weighted by Gasteiger charge is 2.31. The van der Waals surface area contributed by atoms with Gasteiger partial charge >= 0.3 is 0 Å². The summed E-state index contributed by atoms with van der Waals surface area (Å²) >= 11 is 0. The van der Waals surface area contributed by atoms with Crippen LogP contribution in [-0.4, -0.2) is 13.1 Å². The van der Waals surface area contributed by atoms with Crippen molar-refractivity contribution in [2.45, 2.75) is 58.3 Å². The van der Waals surface area contributed by atoms with E-state index in [4.69, 9.17) is 0 Å². The molecule has 0 amide bonds. The Balaban J connectivity index is 1.69. The van der Waals surface area contributed by atoms with Gasteiger partial charge in [-0.3, -0.25) is 0 Å². The highest BCUT2D eigenvalue weighted by atomic mass is 14.9. The van der Waals surface area contributed by atoms with E-state index < -0.39 is 0 Å². The Morgan fingerprint density at radius 3 is 2.47 bits per heavy atom. The first kappa shape index (κ1) is 14.6. The van der Waals surface area contributed by atoms with Gasteiger partial charge in [0, 0.05) is 6.54 Å². The van der Waals surface area contributed by atoms with Crippen LogP contribution in [0.1, 0.15) is 63.9 Å². The second-order valence-corrected chi connectivity index (χ2v) is 6.34. The van der Waals surface area contributed by atoms with E-state index in [0.29, 0.717) is 11.3 Å². The van der Waals surface area contributed by atoms with Crippen LogP contribution in [-0.2, 0) is 0 Å². The monoisotopic (exact) mass is 259 g/mol. The summed E-state index contributed by atoms with van der Waals surface area (Å²) in [5.41, 5.74) is 2.09. The van der Waals surface area contributed by atoms with Gasteiger partial charge in [-0.2, -0.15) is 0 Å². The predicted octanol–water partition coefficient (Wildman–Crippen LogP) is 4.74. The maximum absolute atomic E-state index is 3.72. The van der Waals surface area contributed by atoms with Gasteiger partial charge in [0.15, 0.2) is 0 Å². The van der Waals surface area contributed by atoms with Gasteiger partial charge in [-0.1, -0.05) is 57.0 Å². The Labute approximate surface area is 118 Å². The molecular weight excluding hydrogens is 230 g/mol. The minimum absolute atomic E-state index is 0.621. The second kappa shape index (κ2) is 7.09. The first-order chi connectivity index (χ1) is 9.26. The maximum atomic E-state index is 3.72. The molecule has 2 rings (SSSR count). The van der Waals surface area contributed by atoms with Gasteiger partial charge < -0.3 is 5.32 Å². The molecule has 1 fully saturated rings. The van der Waals surface area contributed by atoms with Crippen LogP contribution in [0, 0.1) is 5.41 Å². The van der Waals surface area contributed by atoms with E-state index in [2.05, 4.69) is 49.5 Å². The van der Waals surface area contributed by atoms with Crippen LogP contribution >= 0.6 is 0 Å². The molecule has 0 saturated heterocycles. The molecule has 1 unspecified atom stereocenters. The van der Waals surface area contributed by atoms with Gasteiger partial charge in [0.25, 0.3) is 0 Å². The van der Waals surface area contributed by atoms with E-state index in [-0.39, 0.29) is 0 Å². The largest absolute Gasteiger partial charge is 0.316 e. The fourth-order valence-electron chi connectivity index (χ4n) is 3.40. The molecular formula is C18H29N. The molecule has 1 atom stereocenters. The van der Waals surface area contributed by atoms with Crippen LogP contribution in [0.25, 0.3) is 0 Å². The summed E-state index contributed by atoms with van der Waals surface area (Å²) in [5, 5.41) is 3.72. The zero-order chi connectivity index (χ0) is 13.6. The van der Waals surface area contributed by atoms with Crippen molar-refractivity contribution in [2.75, 3.05) is 13.1 Å². The molecule has 106 valence electrons. The topological polar surface area (TPSA) is 12.0 Å². The summed E-state index contributed by atoms with van der Waals surface area (Å²) in [6.07, 6.45) is 8.33. The summed E-state index contributed by atoms with van der Waals surface area (Å²) < 4.78 is 0. The summed E-state index contributed by atoms with van der Waals surface area (Å²) in [4.78, 5) is 0. The highest BCUT2D eigenvalue weighted by Crippen LogP contribution is 2.40. The van der Waals surface area contributed by atoms with Gasteiger partial charge in [0.2, 0.25) is 0 Å². The summed E-state index contributed by atoms with van der Waals surface area (Å²) in [6, 6.07) is 10.9. The van der Waals surface area contributed by atoms with Crippen molar-refractivity contribution in [1.82, 2.24) is 5.32 Å². The molecule has 0 radical (unpaired) electrons. The molecule has 1 aliphatic carbocycles. The molecule has 1 N–H and O–H groups in total. The molecule has 19 heavy (non-hydrogen) atoms. The quantitative estimate of drug-likeness (QED) is 0.697. The zero-order valence-electron chi connectivity index (χ0n) is 12.6. The molecule has 1 nitrogen and oxygen atoms in total. The molecule has 1 saturated carbocycles. The molecule has 0 spiro atoms. The van der Waals surface area contributed by atoms with Crippen molar-refractivity contribution in [1.29, 1.82) is 0 Å². The third kappa shape index (κ3) is 4.07. The lowest BCUT2D eigenvalue weighted by Gasteiger charge is -2.28. The Kier molecular flexibility index (Phi) is 5.45. The van der Waals surface area contributed by atoms with Crippen molar-refractivity contribution in [3.63, 3.8) is 0 Å². The van der Waals surface area contributed by atoms with Crippen LogP contribution in [0.3, 0.4) is 0 Å². The fraction of sp³-hybridized carbons (Fsp3) is 0.667. The Bertz CT molecular complexity index is 351. The van der Waals surface area contributed by atoms with E-state index in [1.54, 1.807) is 0 Å². The molecule has 0 bridgehead atoms. The smallest absolute Gasteiger partial charge is 0.000771 e. The van der Waals surface area contributed by atoms with Crippen LogP contribution < -0.4 is 5.32 Å². The first-order valence-corrected chi connectivity index (χ1v) is 8.01. The van der Waals surface area contributed by atoms with E-state index in [1.165, 1.54) is 50.6 Å². The van der Waals surface area contributed by atoms with Gasteiger partial charge in [-0.05, 0) is 49.1 Å². The molecule has 1 aromatic rings. The summed E-state index contributed by atoms with van der Waals surface area (Å²) in [6.45, 7) is 7.07.